The number of benzene rings is 2. The Morgan fingerprint density at radius 1 is 1.07 bits per heavy atom. The van der Waals surface area contributed by atoms with Gasteiger partial charge in [0.15, 0.2) is 0 Å². The number of nitro benzene ring substituents is 1. The average Bonchev–Trinajstić information content (AvgIpc) is 2.65. The normalized spacial score (nSPS) is 10.4. The second kappa shape index (κ2) is 7.65. The van der Waals surface area contributed by atoms with E-state index in [1.54, 1.807) is 18.3 Å². The first-order valence-electron chi connectivity index (χ1n) is 8.26. The SMILES string of the molecule is Cc1ccccc1Cn1cccc(C(=O)Nc2ccccc2[N+](=O)[O-])c1=O. The van der Waals surface area contributed by atoms with Crippen LogP contribution in [0.15, 0.2) is 71.7 Å². The third kappa shape index (κ3) is 3.92. The monoisotopic (exact) mass is 363 g/mol. The molecule has 7 heteroatoms. The Labute approximate surface area is 155 Å². The van der Waals surface area contributed by atoms with Gasteiger partial charge in [0.2, 0.25) is 0 Å². The van der Waals surface area contributed by atoms with Crippen molar-refractivity contribution in [3.63, 3.8) is 0 Å². The Hall–Kier alpha value is -3.74. The van der Waals surface area contributed by atoms with Crippen molar-refractivity contribution in [3.8, 4) is 0 Å². The lowest BCUT2D eigenvalue weighted by molar-refractivity contribution is -0.383. The number of rotatable bonds is 5. The number of nitro groups is 1. The lowest BCUT2D eigenvalue weighted by atomic mass is 10.1. The Balaban J connectivity index is 1.90. The van der Waals surface area contributed by atoms with E-state index >= 15 is 0 Å². The maximum absolute atomic E-state index is 12.7. The van der Waals surface area contributed by atoms with Crippen molar-refractivity contribution < 1.29 is 9.72 Å². The van der Waals surface area contributed by atoms with E-state index in [-0.39, 0.29) is 16.9 Å². The van der Waals surface area contributed by atoms with E-state index in [2.05, 4.69) is 5.32 Å². The summed E-state index contributed by atoms with van der Waals surface area (Å²) in [6, 6.07) is 16.5. The summed E-state index contributed by atoms with van der Waals surface area (Å²) in [6.45, 7) is 2.28. The van der Waals surface area contributed by atoms with Gasteiger partial charge < -0.3 is 9.88 Å². The molecule has 0 aliphatic heterocycles. The van der Waals surface area contributed by atoms with Crippen LogP contribution in [-0.4, -0.2) is 15.4 Å². The molecule has 3 rings (SSSR count). The minimum absolute atomic E-state index is 0.0428. The molecule has 1 N–H and O–H groups in total. The van der Waals surface area contributed by atoms with Gasteiger partial charge in [-0.15, -0.1) is 0 Å². The minimum atomic E-state index is -0.687. The fraction of sp³-hybridized carbons (Fsp3) is 0.100. The number of carbonyl (C=O) groups excluding carboxylic acids is 1. The molecule has 0 aliphatic carbocycles. The Morgan fingerprint density at radius 3 is 2.52 bits per heavy atom. The molecule has 0 bridgehead atoms. The molecule has 0 fully saturated rings. The number of hydrogen-bond acceptors (Lipinski definition) is 4. The van der Waals surface area contributed by atoms with Crippen LogP contribution >= 0.6 is 0 Å². The van der Waals surface area contributed by atoms with Crippen LogP contribution < -0.4 is 10.9 Å². The van der Waals surface area contributed by atoms with Crippen molar-refractivity contribution in [1.82, 2.24) is 4.57 Å². The first-order valence-corrected chi connectivity index (χ1v) is 8.26. The smallest absolute Gasteiger partial charge is 0.292 e. The molecular weight excluding hydrogens is 346 g/mol. The predicted molar refractivity (Wildman–Crippen MR) is 102 cm³/mol. The van der Waals surface area contributed by atoms with Crippen LogP contribution in [0.25, 0.3) is 0 Å². The van der Waals surface area contributed by atoms with Crippen molar-refractivity contribution in [1.29, 1.82) is 0 Å². The van der Waals surface area contributed by atoms with E-state index in [1.165, 1.54) is 28.8 Å². The molecule has 7 nitrogen and oxygen atoms in total. The van der Waals surface area contributed by atoms with Crippen LogP contribution in [0.2, 0.25) is 0 Å². The molecule has 1 amide bonds. The molecule has 27 heavy (non-hydrogen) atoms. The summed E-state index contributed by atoms with van der Waals surface area (Å²) < 4.78 is 1.44. The molecule has 0 unspecified atom stereocenters. The molecule has 3 aromatic rings. The highest BCUT2D eigenvalue weighted by Gasteiger charge is 2.18. The lowest BCUT2D eigenvalue weighted by Crippen LogP contribution is -2.29. The van der Waals surface area contributed by atoms with Gasteiger partial charge in [-0.3, -0.25) is 19.7 Å². The van der Waals surface area contributed by atoms with Crippen LogP contribution in [-0.2, 0) is 6.54 Å². The van der Waals surface area contributed by atoms with Crippen molar-refractivity contribution in [2.75, 3.05) is 5.32 Å². The summed E-state index contributed by atoms with van der Waals surface area (Å²) in [5.41, 5.74) is 1.28. The standard InChI is InChI=1S/C20H17N3O4/c1-14-7-2-3-8-15(14)13-22-12-6-9-16(20(22)25)19(24)21-17-10-4-5-11-18(17)23(26)27/h2-12H,13H2,1H3,(H,21,24). The molecule has 2 aromatic carbocycles. The predicted octanol–water partition coefficient (Wildman–Crippen LogP) is 3.37. The molecular formula is C20H17N3O4. The van der Waals surface area contributed by atoms with Gasteiger partial charge >= 0.3 is 0 Å². The van der Waals surface area contributed by atoms with Gasteiger partial charge in [0.1, 0.15) is 11.3 Å². The highest BCUT2D eigenvalue weighted by Crippen LogP contribution is 2.23. The first-order chi connectivity index (χ1) is 13.0. The fourth-order valence-electron chi connectivity index (χ4n) is 2.73. The van der Waals surface area contributed by atoms with E-state index < -0.39 is 16.4 Å². The summed E-state index contributed by atoms with van der Waals surface area (Å²) in [4.78, 5) is 35.7. The maximum Gasteiger partial charge on any atom is 0.292 e. The molecule has 0 saturated carbocycles. The average molecular weight is 363 g/mol. The van der Waals surface area contributed by atoms with E-state index in [1.807, 2.05) is 31.2 Å². The minimum Gasteiger partial charge on any atom is -0.316 e. The highest BCUT2D eigenvalue weighted by atomic mass is 16.6. The van der Waals surface area contributed by atoms with Crippen LogP contribution in [0.1, 0.15) is 21.5 Å². The van der Waals surface area contributed by atoms with Crippen LogP contribution in [0.5, 0.6) is 0 Å². The topological polar surface area (TPSA) is 94.2 Å². The number of anilines is 1. The van der Waals surface area contributed by atoms with Gasteiger partial charge in [-0.2, -0.15) is 0 Å². The quantitative estimate of drug-likeness (QED) is 0.555. The van der Waals surface area contributed by atoms with Crippen molar-refractivity contribution >= 4 is 17.3 Å². The molecule has 1 heterocycles. The largest absolute Gasteiger partial charge is 0.316 e. The molecule has 0 radical (unpaired) electrons. The summed E-state index contributed by atoms with van der Waals surface area (Å²) in [6.07, 6.45) is 1.61. The van der Waals surface area contributed by atoms with Crippen LogP contribution in [0.3, 0.4) is 0 Å². The van der Waals surface area contributed by atoms with E-state index in [9.17, 15) is 19.7 Å². The number of para-hydroxylation sites is 2. The molecule has 0 aliphatic rings. The zero-order chi connectivity index (χ0) is 19.4. The van der Waals surface area contributed by atoms with Crippen LogP contribution in [0.4, 0.5) is 11.4 Å². The van der Waals surface area contributed by atoms with Gasteiger partial charge in [-0.1, -0.05) is 36.4 Å². The molecule has 136 valence electrons. The van der Waals surface area contributed by atoms with Crippen LogP contribution in [0, 0.1) is 17.0 Å². The van der Waals surface area contributed by atoms with Gasteiger partial charge in [-0.25, -0.2) is 0 Å². The van der Waals surface area contributed by atoms with Crippen molar-refractivity contribution in [3.05, 3.63) is 104 Å². The third-order valence-electron chi connectivity index (χ3n) is 4.22. The molecule has 0 saturated heterocycles. The number of pyridine rings is 1. The molecule has 0 atom stereocenters. The Morgan fingerprint density at radius 2 is 1.78 bits per heavy atom. The number of aromatic nitrogens is 1. The molecule has 0 spiro atoms. The van der Waals surface area contributed by atoms with Gasteiger partial charge in [0.05, 0.1) is 11.5 Å². The highest BCUT2D eigenvalue weighted by molar-refractivity contribution is 6.05. The summed E-state index contributed by atoms with van der Waals surface area (Å²) in [7, 11) is 0. The summed E-state index contributed by atoms with van der Waals surface area (Å²) in [5.74, 6) is -0.687. The fourth-order valence-corrected chi connectivity index (χ4v) is 2.73. The second-order valence-electron chi connectivity index (χ2n) is 6.01. The van der Waals surface area contributed by atoms with Gasteiger partial charge in [0.25, 0.3) is 17.2 Å². The Bertz CT molecular complexity index is 1070. The number of nitrogens with one attached hydrogen (secondary N) is 1. The van der Waals surface area contributed by atoms with E-state index in [4.69, 9.17) is 0 Å². The number of carbonyl (C=O) groups is 1. The zero-order valence-electron chi connectivity index (χ0n) is 14.6. The zero-order valence-corrected chi connectivity index (χ0v) is 14.6. The van der Waals surface area contributed by atoms with Gasteiger partial charge in [-0.05, 0) is 36.2 Å². The first kappa shape index (κ1) is 18.1. The van der Waals surface area contributed by atoms with E-state index in [0.717, 1.165) is 11.1 Å². The molecule has 1 aromatic heterocycles. The van der Waals surface area contributed by atoms with E-state index in [0.29, 0.717) is 6.54 Å². The van der Waals surface area contributed by atoms with Crippen molar-refractivity contribution in [2.45, 2.75) is 13.5 Å². The third-order valence-corrected chi connectivity index (χ3v) is 4.22. The summed E-state index contributed by atoms with van der Waals surface area (Å²) in [5, 5.41) is 13.5. The number of hydrogen-bond donors (Lipinski definition) is 1. The van der Waals surface area contributed by atoms with Gasteiger partial charge in [0, 0.05) is 12.3 Å². The summed E-state index contributed by atoms with van der Waals surface area (Å²) >= 11 is 0. The number of aryl methyl sites for hydroxylation is 1. The Kier molecular flexibility index (Phi) is 5.12. The second-order valence-corrected chi connectivity index (χ2v) is 6.01. The number of amides is 1. The van der Waals surface area contributed by atoms with Crippen molar-refractivity contribution in [2.24, 2.45) is 0 Å². The number of nitrogens with zero attached hydrogens (tertiary/aromatic N) is 2. The lowest BCUT2D eigenvalue weighted by Gasteiger charge is -2.10. The maximum atomic E-state index is 12.7.